The fraction of sp³-hybridized carbons (Fsp3) is 0.125. The van der Waals surface area contributed by atoms with Crippen LogP contribution in [0.2, 0.25) is 0 Å². The van der Waals surface area contributed by atoms with Gasteiger partial charge in [0.1, 0.15) is 0 Å². The molecule has 6 heteroatoms. The molecule has 0 fully saturated rings. The Morgan fingerprint density at radius 3 is 1.95 bits per heavy atom. The first-order valence-electron chi connectivity index (χ1n) is 6.34. The van der Waals surface area contributed by atoms with E-state index in [-0.39, 0.29) is 12.9 Å². The molecule has 0 atom stereocenters. The molecule has 2 aromatic rings. The number of fused-ring (bicyclic) bond motifs is 3. The summed E-state index contributed by atoms with van der Waals surface area (Å²) in [6.45, 7) is 3.93. The van der Waals surface area contributed by atoms with Crippen molar-refractivity contribution in [3.63, 3.8) is 0 Å². The molecule has 1 aliphatic rings. The number of hydrogen-bond donors (Lipinski definition) is 0. The van der Waals surface area contributed by atoms with Crippen molar-refractivity contribution in [3.05, 3.63) is 46.5 Å². The second-order valence-electron chi connectivity index (χ2n) is 4.55. The van der Waals surface area contributed by atoms with Crippen LogP contribution in [0.5, 0.6) is 0 Å². The molecule has 0 amide bonds. The minimum Gasteiger partial charge on any atom is -0.398 e. The average Bonchev–Trinajstić information content (AvgIpc) is 2.81. The Balaban J connectivity index is 0.000000309. The fourth-order valence-electron chi connectivity index (χ4n) is 2.42. The maximum Gasteiger partial charge on any atom is 0.347 e. The standard InChI is InChI=1S/C14H10O3.C2H2O3/c1-7-8(2)11-12(14(16)17-13(11)15)10-6-4-3-5-9(7)10;3-1-5-2-4/h3-6H,1-2H3;1-2H. The third kappa shape index (κ3) is 2.46. The summed E-state index contributed by atoms with van der Waals surface area (Å²) in [7, 11) is 0. The summed E-state index contributed by atoms with van der Waals surface area (Å²) in [6, 6.07) is 7.57. The highest BCUT2D eigenvalue weighted by atomic mass is 16.6. The summed E-state index contributed by atoms with van der Waals surface area (Å²) in [5, 5.41) is 1.79. The molecule has 3 rings (SSSR count). The first kappa shape index (κ1) is 15.4. The number of carbonyl (C=O) groups is 4. The Morgan fingerprint density at radius 2 is 1.41 bits per heavy atom. The van der Waals surface area contributed by atoms with Crippen LogP contribution in [0, 0.1) is 13.8 Å². The summed E-state index contributed by atoms with van der Waals surface area (Å²) in [5.74, 6) is -1.07. The molecule has 0 aliphatic carbocycles. The smallest absolute Gasteiger partial charge is 0.347 e. The van der Waals surface area contributed by atoms with Gasteiger partial charge in [-0.3, -0.25) is 9.59 Å². The minimum atomic E-state index is -0.538. The third-order valence-corrected chi connectivity index (χ3v) is 3.49. The van der Waals surface area contributed by atoms with Crippen LogP contribution in [-0.2, 0) is 19.1 Å². The van der Waals surface area contributed by atoms with Crippen LogP contribution in [0.25, 0.3) is 10.8 Å². The van der Waals surface area contributed by atoms with Gasteiger partial charge in [-0.25, -0.2) is 9.59 Å². The number of aryl methyl sites for hydroxylation is 1. The zero-order valence-corrected chi connectivity index (χ0v) is 11.9. The first-order chi connectivity index (χ1) is 10.5. The lowest BCUT2D eigenvalue weighted by atomic mass is 9.91. The van der Waals surface area contributed by atoms with Crippen molar-refractivity contribution in [2.24, 2.45) is 0 Å². The van der Waals surface area contributed by atoms with Gasteiger partial charge in [0.2, 0.25) is 0 Å². The van der Waals surface area contributed by atoms with Crippen LogP contribution in [0.15, 0.2) is 24.3 Å². The zero-order chi connectivity index (χ0) is 16.3. The van der Waals surface area contributed by atoms with E-state index >= 15 is 0 Å². The molecule has 22 heavy (non-hydrogen) atoms. The van der Waals surface area contributed by atoms with E-state index in [0.717, 1.165) is 21.9 Å². The maximum absolute atomic E-state index is 11.7. The SMILES string of the molecule is Cc1c2c(c3ccccc3c1C)C(=O)OC2=O.O=COC=O. The lowest BCUT2D eigenvalue weighted by molar-refractivity contribution is -0.141. The lowest BCUT2D eigenvalue weighted by Crippen LogP contribution is -2.00. The van der Waals surface area contributed by atoms with Gasteiger partial charge in [0.15, 0.2) is 0 Å². The highest BCUT2D eigenvalue weighted by Crippen LogP contribution is 2.34. The minimum absolute atomic E-state index is 0.0625. The Hall–Kier alpha value is -3.02. The topological polar surface area (TPSA) is 86.7 Å². The van der Waals surface area contributed by atoms with E-state index in [4.69, 9.17) is 14.3 Å². The quantitative estimate of drug-likeness (QED) is 0.479. The molecule has 0 radical (unpaired) electrons. The summed E-state index contributed by atoms with van der Waals surface area (Å²) in [6.07, 6.45) is 0. The average molecular weight is 300 g/mol. The van der Waals surface area contributed by atoms with Crippen molar-refractivity contribution in [3.8, 4) is 0 Å². The van der Waals surface area contributed by atoms with Crippen molar-refractivity contribution in [2.75, 3.05) is 0 Å². The third-order valence-electron chi connectivity index (χ3n) is 3.49. The Morgan fingerprint density at radius 1 is 0.864 bits per heavy atom. The molecule has 0 unspecified atom stereocenters. The van der Waals surface area contributed by atoms with E-state index in [2.05, 4.69) is 4.74 Å². The molecule has 0 saturated heterocycles. The van der Waals surface area contributed by atoms with Gasteiger partial charge in [-0.05, 0) is 35.7 Å². The maximum atomic E-state index is 11.7. The molecular weight excluding hydrogens is 288 g/mol. The summed E-state index contributed by atoms with van der Waals surface area (Å²) < 4.78 is 8.17. The summed E-state index contributed by atoms with van der Waals surface area (Å²) in [4.78, 5) is 41.3. The molecule has 0 spiro atoms. The van der Waals surface area contributed by atoms with Crippen molar-refractivity contribution < 1.29 is 28.7 Å². The van der Waals surface area contributed by atoms with E-state index in [0.29, 0.717) is 11.1 Å². The Kier molecular flexibility index (Phi) is 4.31. The number of carbonyl (C=O) groups excluding carboxylic acids is 4. The highest BCUT2D eigenvalue weighted by molar-refractivity contribution is 6.22. The number of hydrogen-bond acceptors (Lipinski definition) is 6. The van der Waals surface area contributed by atoms with E-state index < -0.39 is 11.9 Å². The van der Waals surface area contributed by atoms with Gasteiger partial charge in [0.25, 0.3) is 0 Å². The lowest BCUT2D eigenvalue weighted by Gasteiger charge is -2.09. The van der Waals surface area contributed by atoms with E-state index in [1.807, 2.05) is 38.1 Å². The number of esters is 2. The van der Waals surface area contributed by atoms with Crippen LogP contribution in [0.4, 0.5) is 0 Å². The van der Waals surface area contributed by atoms with Crippen LogP contribution < -0.4 is 0 Å². The van der Waals surface area contributed by atoms with Crippen LogP contribution in [-0.4, -0.2) is 24.9 Å². The van der Waals surface area contributed by atoms with Crippen LogP contribution in [0.3, 0.4) is 0 Å². The molecule has 2 aromatic carbocycles. The van der Waals surface area contributed by atoms with Crippen molar-refractivity contribution >= 4 is 35.7 Å². The van der Waals surface area contributed by atoms with Gasteiger partial charge in [-0.15, -0.1) is 0 Å². The Labute approximate surface area is 125 Å². The molecule has 0 aromatic heterocycles. The molecule has 0 saturated carbocycles. The van der Waals surface area contributed by atoms with E-state index in [1.54, 1.807) is 0 Å². The summed E-state index contributed by atoms with van der Waals surface area (Å²) >= 11 is 0. The van der Waals surface area contributed by atoms with Crippen LogP contribution in [0.1, 0.15) is 31.8 Å². The number of ether oxygens (including phenoxy) is 2. The van der Waals surface area contributed by atoms with E-state index in [9.17, 15) is 9.59 Å². The fourth-order valence-corrected chi connectivity index (χ4v) is 2.42. The van der Waals surface area contributed by atoms with Gasteiger partial charge in [0, 0.05) is 0 Å². The summed E-state index contributed by atoms with van der Waals surface area (Å²) in [5.41, 5.74) is 2.68. The molecule has 0 N–H and O–H groups in total. The Bertz CT molecular complexity index is 785. The second kappa shape index (κ2) is 6.17. The van der Waals surface area contributed by atoms with Crippen molar-refractivity contribution in [2.45, 2.75) is 13.8 Å². The normalized spacial score (nSPS) is 12.1. The van der Waals surface area contributed by atoms with E-state index in [1.165, 1.54) is 0 Å². The molecule has 1 aliphatic heterocycles. The van der Waals surface area contributed by atoms with Gasteiger partial charge >= 0.3 is 24.9 Å². The molecule has 112 valence electrons. The molecule has 1 heterocycles. The predicted molar refractivity (Wildman–Crippen MR) is 76.4 cm³/mol. The molecular formula is C16H12O6. The van der Waals surface area contributed by atoms with Crippen molar-refractivity contribution in [1.82, 2.24) is 0 Å². The highest BCUT2D eigenvalue weighted by Gasteiger charge is 2.34. The van der Waals surface area contributed by atoms with Gasteiger partial charge in [0.05, 0.1) is 11.1 Å². The van der Waals surface area contributed by atoms with Gasteiger partial charge < -0.3 is 9.47 Å². The van der Waals surface area contributed by atoms with Crippen molar-refractivity contribution in [1.29, 1.82) is 0 Å². The predicted octanol–water partition coefficient (Wildman–Crippen LogP) is 2.08. The molecule has 6 nitrogen and oxygen atoms in total. The van der Waals surface area contributed by atoms with Gasteiger partial charge in [-0.2, -0.15) is 0 Å². The monoisotopic (exact) mass is 300 g/mol. The number of cyclic esters (lactones) is 2. The van der Waals surface area contributed by atoms with Gasteiger partial charge in [-0.1, -0.05) is 24.3 Å². The van der Waals surface area contributed by atoms with Crippen LogP contribution >= 0.6 is 0 Å². The zero-order valence-electron chi connectivity index (χ0n) is 11.9. The number of rotatable bonds is 2. The number of benzene rings is 2. The second-order valence-corrected chi connectivity index (χ2v) is 4.55. The largest absolute Gasteiger partial charge is 0.398 e. The molecule has 0 bridgehead atoms. The first-order valence-corrected chi connectivity index (χ1v) is 6.34.